The molecule has 0 aliphatic rings. The Morgan fingerprint density at radius 2 is 1.86 bits per heavy atom. The second-order valence-corrected chi connectivity index (χ2v) is 7.90. The van der Waals surface area contributed by atoms with Crippen molar-refractivity contribution in [2.45, 2.75) is 4.90 Å². The van der Waals surface area contributed by atoms with Crippen LogP contribution in [0.15, 0.2) is 65.7 Å². The van der Waals surface area contributed by atoms with Crippen LogP contribution in [-0.2, 0) is 10.0 Å². The van der Waals surface area contributed by atoms with E-state index in [1.165, 1.54) is 26.3 Å². The number of pyridine rings is 1. The van der Waals surface area contributed by atoms with Gasteiger partial charge in [0.1, 0.15) is 4.90 Å². The molecule has 2 aromatic heterocycles. The monoisotopic (exact) mass is 395 g/mol. The molecule has 0 aliphatic carbocycles. The quantitative estimate of drug-likeness (QED) is 0.574. The first-order valence-corrected chi connectivity index (χ1v) is 9.92. The molecule has 0 atom stereocenters. The minimum Gasteiger partial charge on any atom is -0.481 e. The highest BCUT2D eigenvalue weighted by Gasteiger charge is 2.26. The van der Waals surface area contributed by atoms with Crippen molar-refractivity contribution >= 4 is 37.7 Å². The molecule has 0 fully saturated rings. The van der Waals surface area contributed by atoms with Crippen LogP contribution in [0.5, 0.6) is 5.88 Å². The zero-order chi connectivity index (χ0) is 19.9. The first kappa shape index (κ1) is 18.0. The molecule has 0 spiro atoms. The van der Waals surface area contributed by atoms with Crippen LogP contribution in [0.1, 0.15) is 10.4 Å². The highest BCUT2D eigenvalue weighted by molar-refractivity contribution is 7.90. The normalized spacial score (nSPS) is 11.6. The molecule has 2 aromatic carbocycles. The fourth-order valence-corrected chi connectivity index (χ4v) is 4.85. The van der Waals surface area contributed by atoms with Crippen LogP contribution in [0.4, 0.5) is 0 Å². The molecular formula is C20H17N3O4S. The maximum Gasteiger partial charge on any atom is 0.273 e. The lowest BCUT2D eigenvalue weighted by Gasteiger charge is -2.12. The van der Waals surface area contributed by atoms with Gasteiger partial charge in [0, 0.05) is 35.6 Å². The number of para-hydroxylation sites is 1. The summed E-state index contributed by atoms with van der Waals surface area (Å²) in [5, 5.41) is 3.90. The summed E-state index contributed by atoms with van der Waals surface area (Å²) < 4.78 is 33.6. The summed E-state index contributed by atoms with van der Waals surface area (Å²) in [5.41, 5.74) is 1.07. The Hall–Kier alpha value is -3.39. The molecule has 0 radical (unpaired) electrons. The van der Waals surface area contributed by atoms with Gasteiger partial charge in [-0.05, 0) is 24.3 Å². The highest BCUT2D eigenvalue weighted by Crippen LogP contribution is 2.33. The number of fused-ring (bicyclic) bond motifs is 2. The number of nitrogens with one attached hydrogen (secondary N) is 1. The second-order valence-electron chi connectivity index (χ2n) is 6.14. The molecule has 4 rings (SSSR count). The van der Waals surface area contributed by atoms with Gasteiger partial charge in [0.25, 0.3) is 15.9 Å². The molecular weight excluding hydrogens is 378 g/mol. The fourth-order valence-electron chi connectivity index (χ4n) is 3.21. The first-order valence-electron chi connectivity index (χ1n) is 8.48. The third kappa shape index (κ3) is 2.69. The standard InChI is InChI=1S/C20H17N3O4S/c1-21-20(24)15-9-8-14-12-18(27-2)23(16(14)11-15)28(25,26)17-7-3-5-13-6-4-10-22-19(13)17/h3-12H,1-2H3,(H,21,24). The third-order valence-corrected chi connectivity index (χ3v) is 6.28. The van der Waals surface area contributed by atoms with Crippen LogP contribution in [0.2, 0.25) is 0 Å². The molecule has 0 unspecified atom stereocenters. The molecule has 0 saturated carbocycles. The molecule has 0 saturated heterocycles. The zero-order valence-electron chi connectivity index (χ0n) is 15.2. The molecule has 7 nitrogen and oxygen atoms in total. The van der Waals surface area contributed by atoms with E-state index in [1.54, 1.807) is 48.7 Å². The number of aromatic nitrogens is 2. The van der Waals surface area contributed by atoms with Gasteiger partial charge in [0.05, 0.1) is 18.1 Å². The van der Waals surface area contributed by atoms with Gasteiger partial charge in [-0.3, -0.25) is 9.78 Å². The number of methoxy groups -OCH3 is 1. The lowest BCUT2D eigenvalue weighted by Crippen LogP contribution is -2.18. The molecule has 4 aromatic rings. The lowest BCUT2D eigenvalue weighted by atomic mass is 10.1. The number of ether oxygens (including phenoxy) is 1. The highest BCUT2D eigenvalue weighted by atomic mass is 32.2. The van der Waals surface area contributed by atoms with E-state index in [1.807, 2.05) is 0 Å². The maximum absolute atomic E-state index is 13.6. The summed E-state index contributed by atoms with van der Waals surface area (Å²) in [6.07, 6.45) is 1.55. The van der Waals surface area contributed by atoms with Crippen LogP contribution in [-0.4, -0.2) is 37.4 Å². The predicted octanol–water partition coefficient (Wildman–Crippen LogP) is 2.79. The smallest absolute Gasteiger partial charge is 0.273 e. The number of amides is 1. The SMILES string of the molecule is CNC(=O)c1ccc2cc(OC)n(S(=O)(=O)c3cccc4cccnc34)c2c1. The van der Waals surface area contributed by atoms with Crippen molar-refractivity contribution in [3.8, 4) is 5.88 Å². The van der Waals surface area contributed by atoms with Gasteiger partial charge in [-0.25, -0.2) is 12.4 Å². The Morgan fingerprint density at radius 3 is 2.61 bits per heavy atom. The van der Waals surface area contributed by atoms with E-state index in [0.717, 1.165) is 3.97 Å². The maximum atomic E-state index is 13.6. The van der Waals surface area contributed by atoms with Crippen LogP contribution >= 0.6 is 0 Å². The molecule has 8 heteroatoms. The number of rotatable bonds is 4. The van der Waals surface area contributed by atoms with E-state index in [0.29, 0.717) is 27.4 Å². The Morgan fingerprint density at radius 1 is 1.07 bits per heavy atom. The predicted molar refractivity (Wildman–Crippen MR) is 106 cm³/mol. The number of carbonyl (C=O) groups excluding carboxylic acids is 1. The number of hydrogen-bond donors (Lipinski definition) is 1. The zero-order valence-corrected chi connectivity index (χ0v) is 16.0. The van der Waals surface area contributed by atoms with Crippen LogP contribution in [0.3, 0.4) is 0 Å². The van der Waals surface area contributed by atoms with Crippen molar-refractivity contribution in [1.82, 2.24) is 14.3 Å². The van der Waals surface area contributed by atoms with Crippen molar-refractivity contribution in [1.29, 1.82) is 0 Å². The van der Waals surface area contributed by atoms with Crippen molar-refractivity contribution in [2.24, 2.45) is 0 Å². The Kier molecular flexibility index (Phi) is 4.27. The topological polar surface area (TPSA) is 90.3 Å². The molecule has 2 heterocycles. The summed E-state index contributed by atoms with van der Waals surface area (Å²) in [6, 6.07) is 15.0. The third-order valence-electron chi connectivity index (χ3n) is 4.54. The van der Waals surface area contributed by atoms with E-state index in [-0.39, 0.29) is 16.7 Å². The summed E-state index contributed by atoms with van der Waals surface area (Å²) in [6.45, 7) is 0. The summed E-state index contributed by atoms with van der Waals surface area (Å²) in [5.74, 6) is -0.158. The molecule has 0 aliphatic heterocycles. The van der Waals surface area contributed by atoms with Crippen molar-refractivity contribution in [3.05, 3.63) is 66.4 Å². The fraction of sp³-hybridized carbons (Fsp3) is 0.100. The number of nitrogens with zero attached hydrogens (tertiary/aromatic N) is 2. The largest absolute Gasteiger partial charge is 0.481 e. The average molecular weight is 395 g/mol. The first-order chi connectivity index (χ1) is 13.5. The average Bonchev–Trinajstić information content (AvgIpc) is 3.11. The number of carbonyl (C=O) groups is 1. The van der Waals surface area contributed by atoms with Gasteiger partial charge >= 0.3 is 0 Å². The molecule has 0 bridgehead atoms. The second kappa shape index (κ2) is 6.65. The van der Waals surface area contributed by atoms with Gasteiger partial charge < -0.3 is 10.1 Å². The van der Waals surface area contributed by atoms with Gasteiger partial charge in [-0.1, -0.05) is 24.3 Å². The van der Waals surface area contributed by atoms with E-state index >= 15 is 0 Å². The molecule has 142 valence electrons. The molecule has 1 N–H and O–H groups in total. The van der Waals surface area contributed by atoms with Gasteiger partial charge in [-0.15, -0.1) is 0 Å². The van der Waals surface area contributed by atoms with E-state index in [9.17, 15) is 13.2 Å². The van der Waals surface area contributed by atoms with Crippen molar-refractivity contribution < 1.29 is 17.9 Å². The van der Waals surface area contributed by atoms with Crippen molar-refractivity contribution in [3.63, 3.8) is 0 Å². The van der Waals surface area contributed by atoms with E-state index < -0.39 is 10.0 Å². The van der Waals surface area contributed by atoms with Gasteiger partial charge in [-0.2, -0.15) is 0 Å². The molecule has 28 heavy (non-hydrogen) atoms. The van der Waals surface area contributed by atoms with E-state index in [2.05, 4.69) is 10.3 Å². The minimum absolute atomic E-state index is 0.0618. The summed E-state index contributed by atoms with van der Waals surface area (Å²) in [7, 11) is -1.12. The summed E-state index contributed by atoms with van der Waals surface area (Å²) in [4.78, 5) is 16.3. The number of hydrogen-bond acceptors (Lipinski definition) is 5. The van der Waals surface area contributed by atoms with Crippen LogP contribution in [0, 0.1) is 0 Å². The van der Waals surface area contributed by atoms with Crippen LogP contribution < -0.4 is 10.1 Å². The Balaban J connectivity index is 2.05. The Labute approximate surface area is 161 Å². The minimum atomic E-state index is -4.04. The van der Waals surface area contributed by atoms with Crippen molar-refractivity contribution in [2.75, 3.05) is 14.2 Å². The van der Waals surface area contributed by atoms with Gasteiger partial charge in [0.15, 0.2) is 0 Å². The van der Waals surface area contributed by atoms with Gasteiger partial charge in [0.2, 0.25) is 5.88 Å². The van der Waals surface area contributed by atoms with Crippen LogP contribution in [0.25, 0.3) is 21.8 Å². The number of benzene rings is 2. The Bertz CT molecular complexity index is 1320. The van der Waals surface area contributed by atoms with E-state index in [4.69, 9.17) is 4.74 Å². The molecule has 1 amide bonds. The summed E-state index contributed by atoms with van der Waals surface area (Å²) >= 11 is 0. The lowest BCUT2D eigenvalue weighted by molar-refractivity contribution is 0.0963.